The number of nitrogens with zero attached hydrogens (tertiary/aromatic N) is 4. The van der Waals surface area contributed by atoms with E-state index >= 15 is 0 Å². The van der Waals surface area contributed by atoms with Crippen molar-refractivity contribution in [1.29, 1.82) is 0 Å². The Morgan fingerprint density at radius 1 is 0.960 bits per heavy atom. The molecule has 2 aromatic rings. The third-order valence-corrected chi connectivity index (χ3v) is 4.07. The van der Waals surface area contributed by atoms with E-state index in [1.165, 1.54) is 0 Å². The molecule has 132 valence electrons. The van der Waals surface area contributed by atoms with Crippen molar-refractivity contribution in [3.8, 4) is 0 Å². The fourth-order valence-corrected chi connectivity index (χ4v) is 2.77. The molecular formula is C14H14BF4N5S. The number of hydrogen-bond donors (Lipinski definition) is 1. The predicted molar refractivity (Wildman–Crippen MR) is 90.6 cm³/mol. The summed E-state index contributed by atoms with van der Waals surface area (Å²) in [5.41, 5.74) is 1.61. The lowest BCUT2D eigenvalue weighted by Gasteiger charge is -2.03. The number of hydrogen-bond acceptors (Lipinski definition) is 4. The zero-order valence-corrected chi connectivity index (χ0v) is 13.9. The predicted octanol–water partition coefficient (Wildman–Crippen LogP) is 1.80. The molecule has 5 nitrogen and oxygen atoms in total. The van der Waals surface area contributed by atoms with E-state index in [9.17, 15) is 17.3 Å². The Kier molecular flexibility index (Phi) is 6.51. The van der Waals surface area contributed by atoms with Gasteiger partial charge in [-0.15, -0.1) is 4.40 Å². The second-order valence-electron chi connectivity index (χ2n) is 4.56. The highest BCUT2D eigenvalue weighted by molar-refractivity contribution is 7.83. The normalized spacial score (nSPS) is 16.8. The Morgan fingerprint density at radius 2 is 1.52 bits per heavy atom. The number of aromatic nitrogens is 2. The fourth-order valence-electron chi connectivity index (χ4n) is 1.74. The molecule has 0 spiro atoms. The van der Waals surface area contributed by atoms with Crippen molar-refractivity contribution in [3.63, 3.8) is 0 Å². The third-order valence-electron chi connectivity index (χ3n) is 2.70. The maximum Gasteiger partial charge on any atom is 0.673 e. The lowest BCUT2D eigenvalue weighted by molar-refractivity contribution is -0.282. The molecule has 1 atom stereocenters. The van der Waals surface area contributed by atoms with Crippen LogP contribution in [0.25, 0.3) is 0 Å². The van der Waals surface area contributed by atoms with Crippen molar-refractivity contribution in [2.45, 2.75) is 6.92 Å². The second-order valence-corrected chi connectivity index (χ2v) is 6.25. The summed E-state index contributed by atoms with van der Waals surface area (Å²) in [5.74, 6) is 2.32. The highest BCUT2D eigenvalue weighted by Gasteiger charge is 2.23. The van der Waals surface area contributed by atoms with Crippen LogP contribution in [0.2, 0.25) is 0 Å². The fraction of sp³-hybridized carbons (Fsp3) is 0.143. The molecule has 25 heavy (non-hydrogen) atoms. The summed E-state index contributed by atoms with van der Waals surface area (Å²) in [4.78, 5) is 13.2. The van der Waals surface area contributed by atoms with E-state index < -0.39 is 7.25 Å². The molecule has 1 aliphatic rings. The molecule has 3 rings (SSSR count). The van der Waals surface area contributed by atoms with Crippen LogP contribution in [-0.4, -0.2) is 34.6 Å². The third kappa shape index (κ3) is 6.53. The van der Waals surface area contributed by atoms with Crippen molar-refractivity contribution >= 4 is 29.8 Å². The standard InChI is InChI=1S/C14H13N5S.BF4/c1-2-20-18-13(11-7-3-5-9-15-11)17-14(19-20)12-8-4-6-10-16-12;2-1(3,4)5/h3-10H,2H2,1H3;/q;-1/p+1. The summed E-state index contributed by atoms with van der Waals surface area (Å²) in [6, 6.07) is 11.5. The number of amidine groups is 2. The summed E-state index contributed by atoms with van der Waals surface area (Å²) < 4.78 is 46.9. The number of halogens is 4. The van der Waals surface area contributed by atoms with Crippen LogP contribution in [0.5, 0.6) is 0 Å². The molecule has 2 aromatic heterocycles. The van der Waals surface area contributed by atoms with Gasteiger partial charge in [0, 0.05) is 18.1 Å². The van der Waals surface area contributed by atoms with E-state index in [0.717, 1.165) is 23.0 Å². The molecule has 1 aliphatic heterocycles. The lowest BCUT2D eigenvalue weighted by atomic mass is 10.3. The molecule has 0 fully saturated rings. The number of rotatable bonds is 3. The summed E-state index contributed by atoms with van der Waals surface area (Å²) in [5, 5.41) is 0. The van der Waals surface area contributed by atoms with Gasteiger partial charge in [-0.2, -0.15) is 4.36 Å². The molecule has 0 bridgehead atoms. The molecule has 3 heterocycles. The number of aliphatic imine (C=N–C) groups is 1. The van der Waals surface area contributed by atoms with Crippen LogP contribution >= 0.6 is 0 Å². The number of nitrogens with one attached hydrogen (secondary N) is 1. The highest BCUT2D eigenvalue weighted by Crippen LogP contribution is 2.06. The van der Waals surface area contributed by atoms with E-state index in [4.69, 9.17) is 0 Å². The van der Waals surface area contributed by atoms with Gasteiger partial charge >= 0.3 is 18.9 Å². The quantitative estimate of drug-likeness (QED) is 0.661. The summed E-state index contributed by atoms with van der Waals surface area (Å²) in [7, 11) is -6.29. The molecule has 11 heteroatoms. The van der Waals surface area contributed by atoms with Crippen LogP contribution in [0.1, 0.15) is 18.3 Å². The first-order chi connectivity index (χ1) is 11.9. The molecule has 0 aromatic carbocycles. The Balaban J connectivity index is 0.000000399. The first-order valence-corrected chi connectivity index (χ1v) is 8.57. The van der Waals surface area contributed by atoms with E-state index in [2.05, 4.69) is 30.6 Å². The van der Waals surface area contributed by atoms with E-state index in [1.54, 1.807) is 12.4 Å². The average Bonchev–Trinajstić information content (AvgIpc) is 2.61. The van der Waals surface area contributed by atoms with Crippen LogP contribution in [0, 0.1) is 0 Å². The van der Waals surface area contributed by atoms with Gasteiger partial charge in [0.25, 0.3) is 0 Å². The lowest BCUT2D eigenvalue weighted by Crippen LogP contribution is -2.76. The topological polar surface area (TPSA) is 64.5 Å². The number of pyridine rings is 2. The van der Waals surface area contributed by atoms with Crippen LogP contribution in [-0.2, 0) is 10.9 Å². The summed E-state index contributed by atoms with van der Waals surface area (Å²) in [6.07, 6.45) is 3.51. The zero-order chi connectivity index (χ0) is 18.3. The Bertz CT molecular complexity index is 748. The molecular weight excluding hydrogens is 357 g/mol. The highest BCUT2D eigenvalue weighted by atomic mass is 32.2. The van der Waals surface area contributed by atoms with Gasteiger partial charge < -0.3 is 17.3 Å². The van der Waals surface area contributed by atoms with E-state index in [1.807, 2.05) is 36.4 Å². The molecule has 0 unspecified atom stereocenters. The largest absolute Gasteiger partial charge is 0.673 e. The minimum atomic E-state index is -6.00. The maximum atomic E-state index is 9.75. The molecule has 0 radical (unpaired) electrons. The molecule has 0 saturated heterocycles. The van der Waals surface area contributed by atoms with E-state index in [0.29, 0.717) is 5.84 Å². The monoisotopic (exact) mass is 371 g/mol. The van der Waals surface area contributed by atoms with Crippen molar-refractivity contribution < 1.29 is 21.6 Å². The Morgan fingerprint density at radius 3 is 2.00 bits per heavy atom. The van der Waals surface area contributed by atoms with Crippen molar-refractivity contribution in [1.82, 2.24) is 9.97 Å². The van der Waals surface area contributed by atoms with Gasteiger partial charge in [0.05, 0.1) is 10.9 Å². The SMILES string of the molecule is CC[S@@]1=[NH+]C(c2ccccn2)=NC(c2ccccn2)=N1.F[B-](F)(F)F. The molecule has 0 amide bonds. The van der Waals surface area contributed by atoms with Crippen LogP contribution in [0.4, 0.5) is 17.3 Å². The smallest absolute Gasteiger partial charge is 0.418 e. The molecule has 0 saturated carbocycles. The minimum Gasteiger partial charge on any atom is -0.418 e. The minimum absolute atomic E-state index is 0.286. The first kappa shape index (κ1) is 18.9. The van der Waals surface area contributed by atoms with Gasteiger partial charge in [-0.1, -0.05) is 19.1 Å². The average molecular weight is 371 g/mol. The van der Waals surface area contributed by atoms with E-state index in [-0.39, 0.29) is 10.9 Å². The summed E-state index contributed by atoms with van der Waals surface area (Å²) in [6.45, 7) is 2.09. The van der Waals surface area contributed by atoms with Crippen molar-refractivity contribution in [3.05, 3.63) is 60.2 Å². The second kappa shape index (κ2) is 8.61. The van der Waals surface area contributed by atoms with Crippen molar-refractivity contribution in [2.75, 3.05) is 5.75 Å². The Hall–Kier alpha value is -2.43. The molecule has 0 aliphatic carbocycles. The van der Waals surface area contributed by atoms with Gasteiger partial charge in [-0.05, 0) is 29.3 Å². The molecule has 1 N–H and O–H groups in total. The Labute approximate surface area is 144 Å². The van der Waals surface area contributed by atoms with Gasteiger partial charge in [0.15, 0.2) is 5.69 Å². The van der Waals surface area contributed by atoms with Crippen LogP contribution < -0.4 is 4.36 Å². The van der Waals surface area contributed by atoms with Crippen LogP contribution in [0.15, 0.2) is 58.2 Å². The van der Waals surface area contributed by atoms with Gasteiger partial charge in [-0.25, -0.2) is 4.98 Å². The first-order valence-electron chi connectivity index (χ1n) is 7.22. The van der Waals surface area contributed by atoms with Gasteiger partial charge in [0.2, 0.25) is 0 Å². The summed E-state index contributed by atoms with van der Waals surface area (Å²) >= 11 is 0. The van der Waals surface area contributed by atoms with Gasteiger partial charge in [-0.3, -0.25) is 4.98 Å². The van der Waals surface area contributed by atoms with Gasteiger partial charge in [0.1, 0.15) is 5.69 Å². The van der Waals surface area contributed by atoms with Crippen molar-refractivity contribution in [2.24, 2.45) is 9.39 Å². The van der Waals surface area contributed by atoms with Crippen LogP contribution in [0.3, 0.4) is 0 Å². The maximum absolute atomic E-state index is 9.75. The zero-order valence-electron chi connectivity index (χ0n) is 13.1.